The Morgan fingerprint density at radius 2 is 1.68 bits per heavy atom. The van der Waals surface area contributed by atoms with Gasteiger partial charge in [0.1, 0.15) is 5.75 Å². The van der Waals surface area contributed by atoms with Crippen LogP contribution in [0.1, 0.15) is 0 Å². The third kappa shape index (κ3) is 5.72. The number of carbonyl (C=O) groups excluding carboxylic acids is 2. The Bertz CT molecular complexity index is 731. The topological polar surface area (TPSA) is 83.1 Å². The fraction of sp³-hybridized carbons (Fsp3) is 0.222. The quantitative estimate of drug-likeness (QED) is 0.739. The van der Waals surface area contributed by atoms with Gasteiger partial charge >= 0.3 is 5.97 Å². The minimum Gasteiger partial charge on any atom is -0.497 e. The highest BCUT2D eigenvalue weighted by Gasteiger charge is 2.11. The van der Waals surface area contributed by atoms with Crippen LogP contribution in [0.4, 0.5) is 5.69 Å². The SMILES string of the molecule is COc1cccc(NC(=O)COC(=O)COc2ccccc2OC)c1. The molecule has 7 nitrogen and oxygen atoms in total. The van der Waals surface area contributed by atoms with E-state index in [1.54, 1.807) is 48.5 Å². The Morgan fingerprint density at radius 1 is 0.920 bits per heavy atom. The molecule has 0 radical (unpaired) electrons. The second-order valence-electron chi connectivity index (χ2n) is 4.88. The van der Waals surface area contributed by atoms with E-state index in [0.717, 1.165) is 0 Å². The monoisotopic (exact) mass is 345 g/mol. The molecule has 1 N–H and O–H groups in total. The number of hydrogen-bond acceptors (Lipinski definition) is 6. The van der Waals surface area contributed by atoms with Crippen molar-refractivity contribution in [1.29, 1.82) is 0 Å². The first-order valence-corrected chi connectivity index (χ1v) is 7.47. The maximum atomic E-state index is 11.8. The molecule has 132 valence electrons. The average molecular weight is 345 g/mol. The van der Waals surface area contributed by atoms with E-state index in [1.165, 1.54) is 14.2 Å². The molecule has 2 aromatic rings. The van der Waals surface area contributed by atoms with Crippen molar-refractivity contribution < 1.29 is 28.5 Å². The molecule has 7 heteroatoms. The number of rotatable bonds is 8. The van der Waals surface area contributed by atoms with E-state index in [4.69, 9.17) is 18.9 Å². The summed E-state index contributed by atoms with van der Waals surface area (Å²) in [6, 6.07) is 13.8. The second-order valence-corrected chi connectivity index (χ2v) is 4.88. The lowest BCUT2D eigenvalue weighted by Crippen LogP contribution is -2.23. The molecule has 0 bridgehead atoms. The summed E-state index contributed by atoms with van der Waals surface area (Å²) < 4.78 is 20.4. The van der Waals surface area contributed by atoms with Crippen molar-refractivity contribution in [2.24, 2.45) is 0 Å². The van der Waals surface area contributed by atoms with Gasteiger partial charge in [0.2, 0.25) is 0 Å². The molecule has 0 aliphatic rings. The molecule has 0 heterocycles. The van der Waals surface area contributed by atoms with Gasteiger partial charge in [0, 0.05) is 11.8 Å². The highest BCUT2D eigenvalue weighted by Crippen LogP contribution is 2.25. The Balaban J connectivity index is 1.76. The molecule has 0 spiro atoms. The van der Waals surface area contributed by atoms with Gasteiger partial charge < -0.3 is 24.3 Å². The number of para-hydroxylation sites is 2. The predicted octanol–water partition coefficient (Wildman–Crippen LogP) is 2.26. The first kappa shape index (κ1) is 18.1. The molecule has 0 aromatic heterocycles. The number of methoxy groups -OCH3 is 2. The summed E-state index contributed by atoms with van der Waals surface area (Å²) in [4.78, 5) is 23.5. The summed E-state index contributed by atoms with van der Waals surface area (Å²) in [6.45, 7) is -0.738. The lowest BCUT2D eigenvalue weighted by Gasteiger charge is -2.10. The molecule has 0 atom stereocenters. The van der Waals surface area contributed by atoms with Gasteiger partial charge in [0.25, 0.3) is 5.91 Å². The van der Waals surface area contributed by atoms with E-state index in [0.29, 0.717) is 22.9 Å². The summed E-state index contributed by atoms with van der Waals surface area (Å²) in [7, 11) is 3.04. The third-order valence-corrected chi connectivity index (χ3v) is 3.13. The van der Waals surface area contributed by atoms with E-state index >= 15 is 0 Å². The lowest BCUT2D eigenvalue weighted by molar-refractivity contribution is -0.149. The van der Waals surface area contributed by atoms with Crippen LogP contribution in [0.15, 0.2) is 48.5 Å². The normalized spacial score (nSPS) is 9.84. The molecule has 25 heavy (non-hydrogen) atoms. The molecule has 0 fully saturated rings. The molecular formula is C18H19NO6. The molecule has 0 saturated heterocycles. The van der Waals surface area contributed by atoms with Crippen LogP contribution >= 0.6 is 0 Å². The second kappa shape index (κ2) is 9.17. The number of ether oxygens (including phenoxy) is 4. The molecule has 0 aliphatic carbocycles. The van der Waals surface area contributed by atoms with Crippen LogP contribution in [0.25, 0.3) is 0 Å². The number of benzene rings is 2. The number of carbonyl (C=O) groups is 2. The lowest BCUT2D eigenvalue weighted by atomic mass is 10.3. The summed E-state index contributed by atoms with van der Waals surface area (Å²) in [5, 5.41) is 2.61. The maximum Gasteiger partial charge on any atom is 0.344 e. The molecule has 0 aliphatic heterocycles. The zero-order valence-electron chi connectivity index (χ0n) is 14.0. The van der Waals surface area contributed by atoms with E-state index in [-0.39, 0.29) is 6.61 Å². The van der Waals surface area contributed by atoms with Crippen LogP contribution in [0.2, 0.25) is 0 Å². The highest BCUT2D eigenvalue weighted by atomic mass is 16.6. The van der Waals surface area contributed by atoms with Gasteiger partial charge in [0.15, 0.2) is 24.7 Å². The highest BCUT2D eigenvalue weighted by molar-refractivity contribution is 5.93. The van der Waals surface area contributed by atoms with Gasteiger partial charge in [-0.15, -0.1) is 0 Å². The van der Waals surface area contributed by atoms with Gasteiger partial charge in [-0.05, 0) is 24.3 Å². The number of anilines is 1. The first-order valence-electron chi connectivity index (χ1n) is 7.47. The zero-order valence-corrected chi connectivity index (χ0v) is 14.0. The Hall–Kier alpha value is -3.22. The van der Waals surface area contributed by atoms with Crippen LogP contribution in [-0.4, -0.2) is 39.3 Å². The minimum absolute atomic E-state index is 0.327. The van der Waals surface area contributed by atoms with Crippen LogP contribution in [-0.2, 0) is 14.3 Å². The fourth-order valence-electron chi connectivity index (χ4n) is 1.96. The van der Waals surface area contributed by atoms with Gasteiger partial charge in [-0.2, -0.15) is 0 Å². The first-order chi connectivity index (χ1) is 12.1. The van der Waals surface area contributed by atoms with E-state index in [9.17, 15) is 9.59 Å². The van der Waals surface area contributed by atoms with Crippen LogP contribution < -0.4 is 19.5 Å². The van der Waals surface area contributed by atoms with Crippen molar-refractivity contribution in [1.82, 2.24) is 0 Å². The van der Waals surface area contributed by atoms with Gasteiger partial charge in [-0.1, -0.05) is 18.2 Å². The van der Waals surface area contributed by atoms with Crippen molar-refractivity contribution in [2.75, 3.05) is 32.8 Å². The maximum absolute atomic E-state index is 11.8. The van der Waals surface area contributed by atoms with Gasteiger partial charge in [-0.3, -0.25) is 4.79 Å². The Kier molecular flexibility index (Phi) is 6.65. The Labute approximate surface area is 145 Å². The zero-order chi connectivity index (χ0) is 18.1. The van der Waals surface area contributed by atoms with Crippen molar-refractivity contribution in [2.45, 2.75) is 0 Å². The molecule has 1 amide bonds. The molecule has 0 saturated carbocycles. The van der Waals surface area contributed by atoms with Crippen LogP contribution in [0, 0.1) is 0 Å². The molecule has 2 aromatic carbocycles. The van der Waals surface area contributed by atoms with E-state index in [1.807, 2.05) is 0 Å². The minimum atomic E-state index is -0.660. The van der Waals surface area contributed by atoms with Gasteiger partial charge in [-0.25, -0.2) is 4.79 Å². The van der Waals surface area contributed by atoms with Gasteiger partial charge in [0.05, 0.1) is 14.2 Å². The largest absolute Gasteiger partial charge is 0.497 e. The fourth-order valence-corrected chi connectivity index (χ4v) is 1.96. The van der Waals surface area contributed by atoms with E-state index < -0.39 is 18.5 Å². The summed E-state index contributed by atoms with van der Waals surface area (Å²) in [5.41, 5.74) is 0.547. The number of nitrogens with one attached hydrogen (secondary N) is 1. The molecule has 0 unspecified atom stereocenters. The number of esters is 1. The van der Waals surface area contributed by atoms with Crippen molar-refractivity contribution in [3.8, 4) is 17.2 Å². The number of amides is 1. The standard InChI is InChI=1S/C18H19NO6/c1-22-14-7-5-6-13(10-14)19-17(20)11-25-18(21)12-24-16-9-4-3-8-15(16)23-2/h3-10H,11-12H2,1-2H3,(H,19,20). The summed E-state index contributed by atoms with van der Waals surface area (Å²) >= 11 is 0. The number of hydrogen-bond donors (Lipinski definition) is 1. The van der Waals surface area contributed by atoms with Crippen molar-refractivity contribution in [3.63, 3.8) is 0 Å². The Morgan fingerprint density at radius 3 is 2.40 bits per heavy atom. The molecule has 2 rings (SSSR count). The average Bonchev–Trinajstić information content (AvgIpc) is 2.65. The van der Waals surface area contributed by atoms with Crippen LogP contribution in [0.3, 0.4) is 0 Å². The van der Waals surface area contributed by atoms with Crippen LogP contribution in [0.5, 0.6) is 17.2 Å². The summed E-state index contributed by atoms with van der Waals surface area (Å²) in [6.07, 6.45) is 0. The third-order valence-electron chi connectivity index (χ3n) is 3.13. The van der Waals surface area contributed by atoms with Crippen molar-refractivity contribution >= 4 is 17.6 Å². The van der Waals surface area contributed by atoms with Crippen molar-refractivity contribution in [3.05, 3.63) is 48.5 Å². The summed E-state index contributed by atoms with van der Waals surface area (Å²) in [5.74, 6) is 0.416. The molecular weight excluding hydrogens is 326 g/mol. The predicted molar refractivity (Wildman–Crippen MR) is 91.1 cm³/mol. The van der Waals surface area contributed by atoms with E-state index in [2.05, 4.69) is 5.32 Å². The smallest absolute Gasteiger partial charge is 0.344 e.